The molecule has 1 aromatic rings. The molecule has 0 aliphatic carbocycles. The molecule has 0 bridgehead atoms. The van der Waals surface area contributed by atoms with Gasteiger partial charge >= 0.3 is 5.69 Å². The predicted molar refractivity (Wildman–Crippen MR) is 74.5 cm³/mol. The first-order valence-electron chi connectivity index (χ1n) is 7.44. The van der Waals surface area contributed by atoms with Crippen LogP contribution in [0.15, 0.2) is 4.79 Å². The standard InChI is InChI=1S/C13H21N5O3/c19-11(18-6-1-2-7-18)13(21)4-3-5-17(9-13)8-10-14-12(20)16-15-10/h21H,1-9H2,(H2,14,15,16,20). The molecule has 3 heterocycles. The fourth-order valence-electron chi connectivity index (χ4n) is 3.24. The van der Waals surface area contributed by atoms with Crippen molar-refractivity contribution in [3.05, 3.63) is 16.3 Å². The molecule has 3 rings (SSSR count). The second-order valence-electron chi connectivity index (χ2n) is 5.96. The SMILES string of the molecule is O=C(N1CCCC1)C1(O)CCCN(Cc2nc(=O)[nH][nH]2)C1. The highest BCUT2D eigenvalue weighted by Crippen LogP contribution is 2.25. The van der Waals surface area contributed by atoms with Crippen LogP contribution < -0.4 is 5.69 Å². The molecule has 3 N–H and O–H groups in total. The number of H-pyrrole nitrogens is 2. The largest absolute Gasteiger partial charge is 0.379 e. The first kappa shape index (κ1) is 14.3. The lowest BCUT2D eigenvalue weighted by atomic mass is 9.91. The number of aliphatic hydroxyl groups is 1. The Labute approximate surface area is 122 Å². The van der Waals surface area contributed by atoms with Crippen molar-refractivity contribution in [3.8, 4) is 0 Å². The lowest BCUT2D eigenvalue weighted by molar-refractivity contribution is -0.156. The summed E-state index contributed by atoms with van der Waals surface area (Å²) in [5, 5.41) is 15.8. The maximum Gasteiger partial charge on any atom is 0.361 e. The third kappa shape index (κ3) is 3.01. The minimum absolute atomic E-state index is 0.153. The summed E-state index contributed by atoms with van der Waals surface area (Å²) < 4.78 is 0. The van der Waals surface area contributed by atoms with Crippen LogP contribution in [0.2, 0.25) is 0 Å². The van der Waals surface area contributed by atoms with E-state index in [2.05, 4.69) is 15.2 Å². The highest BCUT2D eigenvalue weighted by atomic mass is 16.3. The third-order valence-electron chi connectivity index (χ3n) is 4.26. The number of hydrogen-bond acceptors (Lipinski definition) is 5. The number of piperidine rings is 1. The van der Waals surface area contributed by atoms with E-state index in [0.717, 1.165) is 38.9 Å². The van der Waals surface area contributed by atoms with E-state index >= 15 is 0 Å². The van der Waals surface area contributed by atoms with E-state index in [0.29, 0.717) is 18.8 Å². The molecule has 0 radical (unpaired) electrons. The molecule has 2 saturated heterocycles. The first-order valence-corrected chi connectivity index (χ1v) is 7.44. The van der Waals surface area contributed by atoms with Gasteiger partial charge in [0.05, 0.1) is 6.54 Å². The molecule has 1 unspecified atom stereocenters. The molecule has 0 saturated carbocycles. The van der Waals surface area contributed by atoms with Gasteiger partial charge in [0.2, 0.25) is 0 Å². The van der Waals surface area contributed by atoms with Crippen molar-refractivity contribution >= 4 is 5.91 Å². The minimum atomic E-state index is -1.31. The molecule has 2 aliphatic rings. The van der Waals surface area contributed by atoms with E-state index in [1.165, 1.54) is 0 Å². The van der Waals surface area contributed by atoms with Crippen LogP contribution in [0, 0.1) is 0 Å². The zero-order chi connectivity index (χ0) is 14.9. The van der Waals surface area contributed by atoms with Crippen LogP contribution in [-0.2, 0) is 11.3 Å². The lowest BCUT2D eigenvalue weighted by Gasteiger charge is -2.39. The van der Waals surface area contributed by atoms with Crippen molar-refractivity contribution < 1.29 is 9.90 Å². The summed E-state index contributed by atoms with van der Waals surface area (Å²) in [4.78, 5) is 31.0. The second-order valence-corrected chi connectivity index (χ2v) is 5.96. The zero-order valence-corrected chi connectivity index (χ0v) is 12.0. The highest BCUT2D eigenvalue weighted by Gasteiger charge is 2.43. The van der Waals surface area contributed by atoms with Gasteiger partial charge in [0.25, 0.3) is 5.91 Å². The summed E-state index contributed by atoms with van der Waals surface area (Å²) in [6, 6.07) is 0. The smallest absolute Gasteiger partial charge is 0.361 e. The number of rotatable bonds is 3. The summed E-state index contributed by atoms with van der Waals surface area (Å²) in [5.74, 6) is 0.373. The number of amides is 1. The van der Waals surface area contributed by atoms with Crippen LogP contribution in [0.4, 0.5) is 0 Å². The van der Waals surface area contributed by atoms with Crippen molar-refractivity contribution in [2.24, 2.45) is 0 Å². The van der Waals surface area contributed by atoms with Gasteiger partial charge in [0.15, 0.2) is 5.60 Å². The highest BCUT2D eigenvalue weighted by molar-refractivity contribution is 5.85. The zero-order valence-electron chi connectivity index (χ0n) is 12.0. The van der Waals surface area contributed by atoms with Crippen molar-refractivity contribution in [1.82, 2.24) is 25.0 Å². The Morgan fingerprint density at radius 2 is 2.00 bits per heavy atom. The van der Waals surface area contributed by atoms with Crippen LogP contribution in [0.3, 0.4) is 0 Å². The van der Waals surface area contributed by atoms with E-state index in [1.54, 1.807) is 4.90 Å². The molecule has 1 amide bonds. The molecule has 0 aromatic carbocycles. The van der Waals surface area contributed by atoms with E-state index in [1.807, 2.05) is 4.90 Å². The molecule has 21 heavy (non-hydrogen) atoms. The number of β-amino-alcohol motifs (C(OH)–C–C–N with tert-alkyl or cyclic N) is 1. The molecule has 8 heteroatoms. The van der Waals surface area contributed by atoms with Gasteiger partial charge in [-0.05, 0) is 32.2 Å². The van der Waals surface area contributed by atoms with Crippen molar-refractivity contribution in [3.63, 3.8) is 0 Å². The summed E-state index contributed by atoms with van der Waals surface area (Å²) in [6.07, 6.45) is 3.28. The minimum Gasteiger partial charge on any atom is -0.379 e. The number of nitrogens with zero attached hydrogens (tertiary/aromatic N) is 3. The molecule has 0 spiro atoms. The number of nitrogens with one attached hydrogen (secondary N) is 2. The third-order valence-corrected chi connectivity index (χ3v) is 4.26. The second kappa shape index (κ2) is 5.61. The number of hydrogen-bond donors (Lipinski definition) is 3. The van der Waals surface area contributed by atoms with E-state index in [4.69, 9.17) is 0 Å². The van der Waals surface area contributed by atoms with E-state index in [-0.39, 0.29) is 12.5 Å². The summed E-state index contributed by atoms with van der Waals surface area (Å²) >= 11 is 0. The van der Waals surface area contributed by atoms with Crippen molar-refractivity contribution in [2.75, 3.05) is 26.2 Å². The molecular formula is C13H21N5O3. The number of carbonyl (C=O) groups excluding carboxylic acids is 1. The summed E-state index contributed by atoms with van der Waals surface area (Å²) in [5.41, 5.74) is -1.72. The Balaban J connectivity index is 1.66. The monoisotopic (exact) mass is 295 g/mol. The molecule has 8 nitrogen and oxygen atoms in total. The normalized spacial score (nSPS) is 27.2. The Bertz CT molecular complexity index is 562. The Hall–Kier alpha value is -1.67. The van der Waals surface area contributed by atoms with Crippen LogP contribution >= 0.6 is 0 Å². The lowest BCUT2D eigenvalue weighted by Crippen LogP contribution is -2.57. The summed E-state index contributed by atoms with van der Waals surface area (Å²) in [6.45, 7) is 2.98. The molecule has 116 valence electrons. The van der Waals surface area contributed by atoms with Crippen LogP contribution in [0.1, 0.15) is 31.5 Å². The van der Waals surface area contributed by atoms with Gasteiger partial charge in [-0.1, -0.05) is 0 Å². The van der Waals surface area contributed by atoms with Gasteiger partial charge in [-0.15, -0.1) is 0 Å². The van der Waals surface area contributed by atoms with E-state index < -0.39 is 11.3 Å². The number of carbonyl (C=O) groups is 1. The topological polar surface area (TPSA) is 105 Å². The van der Waals surface area contributed by atoms with Gasteiger partial charge in [-0.25, -0.2) is 9.89 Å². The Morgan fingerprint density at radius 1 is 1.24 bits per heavy atom. The molecule has 1 atom stereocenters. The van der Waals surface area contributed by atoms with Crippen LogP contribution in [-0.4, -0.2) is 67.8 Å². The molecule has 2 fully saturated rings. The maximum atomic E-state index is 12.5. The number of aromatic amines is 2. The van der Waals surface area contributed by atoms with Gasteiger partial charge in [0.1, 0.15) is 5.82 Å². The van der Waals surface area contributed by atoms with E-state index in [9.17, 15) is 14.7 Å². The fraction of sp³-hybridized carbons (Fsp3) is 0.769. The van der Waals surface area contributed by atoms with Gasteiger partial charge in [-0.3, -0.25) is 14.8 Å². The number of aromatic nitrogens is 3. The number of likely N-dealkylation sites (tertiary alicyclic amines) is 2. The van der Waals surface area contributed by atoms with Gasteiger partial charge in [-0.2, -0.15) is 4.98 Å². The predicted octanol–water partition coefficient (Wildman–Crippen LogP) is -0.953. The molecule has 1 aromatic heterocycles. The van der Waals surface area contributed by atoms with Crippen LogP contribution in [0.5, 0.6) is 0 Å². The van der Waals surface area contributed by atoms with Crippen LogP contribution in [0.25, 0.3) is 0 Å². The quantitative estimate of drug-likeness (QED) is 0.666. The fourth-order valence-corrected chi connectivity index (χ4v) is 3.24. The van der Waals surface area contributed by atoms with Crippen molar-refractivity contribution in [2.45, 2.75) is 37.8 Å². The Kier molecular flexibility index (Phi) is 3.81. The molecule has 2 aliphatic heterocycles. The first-order chi connectivity index (χ1) is 10.1. The summed E-state index contributed by atoms with van der Waals surface area (Å²) in [7, 11) is 0. The average Bonchev–Trinajstić information content (AvgIpc) is 3.10. The van der Waals surface area contributed by atoms with Gasteiger partial charge < -0.3 is 10.0 Å². The molecular weight excluding hydrogens is 274 g/mol. The average molecular weight is 295 g/mol. The maximum absolute atomic E-state index is 12.5. The Morgan fingerprint density at radius 3 is 2.67 bits per heavy atom. The van der Waals surface area contributed by atoms with Crippen molar-refractivity contribution in [1.29, 1.82) is 0 Å². The van der Waals surface area contributed by atoms with Gasteiger partial charge in [0, 0.05) is 19.6 Å².